The number of aliphatic hydroxyl groups excluding tert-OH is 2. The Labute approximate surface area is 230 Å². The van der Waals surface area contributed by atoms with Crippen LogP contribution in [-0.2, 0) is 17.8 Å². The highest BCUT2D eigenvalue weighted by Gasteiger charge is 2.33. The zero-order valence-electron chi connectivity index (χ0n) is 23.6. The summed E-state index contributed by atoms with van der Waals surface area (Å²) in [6.07, 6.45) is 11.1. The van der Waals surface area contributed by atoms with Gasteiger partial charge in [0.2, 0.25) is 5.91 Å². The average molecular weight is 542 g/mol. The number of aliphatic hydroxyl groups is 2. The molecule has 39 heavy (non-hydrogen) atoms. The number of nitrogens with one attached hydrogen (secondary N) is 3. The lowest BCUT2D eigenvalue weighted by Gasteiger charge is -2.34. The van der Waals surface area contributed by atoms with Crippen LogP contribution in [0.2, 0.25) is 0 Å². The van der Waals surface area contributed by atoms with Gasteiger partial charge in [-0.1, -0.05) is 31.6 Å². The van der Waals surface area contributed by atoms with Crippen LogP contribution < -0.4 is 16.7 Å². The van der Waals surface area contributed by atoms with Gasteiger partial charge >= 0.3 is 0 Å². The van der Waals surface area contributed by atoms with Crippen LogP contribution in [0, 0.1) is 10.8 Å². The minimum Gasteiger partial charge on any atom is -0.395 e. The van der Waals surface area contributed by atoms with Gasteiger partial charge in [0.25, 0.3) is 5.91 Å². The Balaban J connectivity index is 2.13. The molecule has 0 saturated carbocycles. The molecule has 214 valence electrons. The van der Waals surface area contributed by atoms with Crippen LogP contribution in [0.1, 0.15) is 69.1 Å². The number of hydrogen-bond acceptors (Lipinski definition) is 8. The number of amides is 2. The Bertz CT molecular complexity index is 1130. The maximum atomic E-state index is 12.9. The van der Waals surface area contributed by atoms with E-state index in [4.69, 9.17) is 11.3 Å². The lowest BCUT2D eigenvalue weighted by atomic mass is 9.91. The van der Waals surface area contributed by atoms with E-state index >= 15 is 0 Å². The minimum atomic E-state index is -0.861. The van der Waals surface area contributed by atoms with Gasteiger partial charge in [-0.3, -0.25) is 30.8 Å². The molecule has 11 nitrogen and oxygen atoms in total. The standard InChI is InChI=1S/C28H43N7O4/c1-6-7-10-21(25(29)35(33-30)20(3)17-36)11-8-9-19(2)32-26(38)24-14-23-16-34(13-12-22(23)15-31-24)27(39)28(4,5)18-37/h8-11,14-15,20,29,33,36-37H,6-7,12-13,16-18,30H2,1-5H3,(H,32,38)/b11-8-,19-9+,21-10-,29-25?. The molecule has 0 spiro atoms. The number of amidine groups is 1. The van der Waals surface area contributed by atoms with Crippen LogP contribution in [0.25, 0.3) is 0 Å². The number of allylic oxidation sites excluding steroid dienone is 4. The van der Waals surface area contributed by atoms with Crippen molar-refractivity contribution in [3.05, 3.63) is 64.7 Å². The van der Waals surface area contributed by atoms with Crippen LogP contribution >= 0.6 is 0 Å². The summed E-state index contributed by atoms with van der Waals surface area (Å²) in [6, 6.07) is 1.32. The number of nitrogens with two attached hydrogens (primary N) is 1. The van der Waals surface area contributed by atoms with Gasteiger partial charge < -0.3 is 20.4 Å². The molecule has 1 aliphatic heterocycles. The van der Waals surface area contributed by atoms with Crippen molar-refractivity contribution in [1.29, 1.82) is 5.41 Å². The number of hydrazine groups is 2. The zero-order valence-corrected chi connectivity index (χ0v) is 23.6. The summed E-state index contributed by atoms with van der Waals surface area (Å²) in [5.74, 6) is 5.19. The molecule has 0 aromatic carbocycles. The molecule has 0 aliphatic carbocycles. The topological polar surface area (TPSA) is 168 Å². The van der Waals surface area contributed by atoms with E-state index in [9.17, 15) is 19.8 Å². The third-order valence-electron chi connectivity index (χ3n) is 6.53. The van der Waals surface area contributed by atoms with Crippen LogP contribution in [-0.4, -0.2) is 68.6 Å². The molecule has 0 radical (unpaired) electrons. The largest absolute Gasteiger partial charge is 0.395 e. The Kier molecular flexibility index (Phi) is 12.0. The van der Waals surface area contributed by atoms with Gasteiger partial charge in [0.05, 0.1) is 24.7 Å². The average Bonchev–Trinajstić information content (AvgIpc) is 2.93. The molecule has 1 aromatic rings. The number of fused-ring (bicyclic) bond motifs is 1. The Morgan fingerprint density at radius 3 is 2.67 bits per heavy atom. The lowest BCUT2D eigenvalue weighted by Crippen LogP contribution is -2.53. The fourth-order valence-electron chi connectivity index (χ4n) is 3.99. The monoisotopic (exact) mass is 541 g/mol. The third-order valence-corrected chi connectivity index (χ3v) is 6.53. The van der Waals surface area contributed by atoms with Crippen molar-refractivity contribution in [3.8, 4) is 0 Å². The smallest absolute Gasteiger partial charge is 0.273 e. The Hall–Kier alpha value is -3.38. The second kappa shape index (κ2) is 14.7. The van der Waals surface area contributed by atoms with E-state index in [1.807, 2.05) is 13.0 Å². The van der Waals surface area contributed by atoms with Crippen molar-refractivity contribution in [2.45, 2.75) is 66.5 Å². The second-order valence-corrected chi connectivity index (χ2v) is 10.3. The summed E-state index contributed by atoms with van der Waals surface area (Å²) in [4.78, 5) is 31.7. The van der Waals surface area contributed by atoms with E-state index < -0.39 is 11.5 Å². The van der Waals surface area contributed by atoms with E-state index in [0.717, 1.165) is 24.0 Å². The maximum absolute atomic E-state index is 12.9. The van der Waals surface area contributed by atoms with Gasteiger partial charge in [-0.05, 0) is 63.8 Å². The molecular weight excluding hydrogens is 498 g/mol. The number of hydrogen-bond donors (Lipinski definition) is 6. The van der Waals surface area contributed by atoms with Gasteiger partial charge in [0.1, 0.15) is 11.5 Å². The highest BCUT2D eigenvalue weighted by Crippen LogP contribution is 2.25. The molecule has 0 bridgehead atoms. The van der Waals surface area contributed by atoms with Gasteiger partial charge in [0, 0.05) is 30.6 Å². The molecule has 1 aromatic heterocycles. The molecule has 1 unspecified atom stereocenters. The number of rotatable bonds is 12. The zero-order chi connectivity index (χ0) is 29.2. The van der Waals surface area contributed by atoms with Crippen molar-refractivity contribution in [2.24, 2.45) is 11.3 Å². The fraction of sp³-hybridized carbons (Fsp3) is 0.500. The first-order valence-electron chi connectivity index (χ1n) is 13.2. The first kappa shape index (κ1) is 31.8. The van der Waals surface area contributed by atoms with E-state index in [1.54, 1.807) is 63.1 Å². The highest BCUT2D eigenvalue weighted by molar-refractivity contribution is 5.98. The van der Waals surface area contributed by atoms with Gasteiger partial charge in [-0.15, -0.1) is 0 Å². The molecule has 2 rings (SSSR count). The summed E-state index contributed by atoms with van der Waals surface area (Å²) in [5, 5.41) is 31.7. The van der Waals surface area contributed by atoms with Crippen LogP contribution in [0.4, 0.5) is 0 Å². The predicted molar refractivity (Wildman–Crippen MR) is 151 cm³/mol. The summed E-state index contributed by atoms with van der Waals surface area (Å²) in [7, 11) is 0. The number of carbonyl (C=O) groups excluding carboxylic acids is 2. The first-order valence-corrected chi connectivity index (χ1v) is 13.2. The first-order chi connectivity index (χ1) is 18.5. The normalized spacial score (nSPS) is 15.2. The van der Waals surface area contributed by atoms with Gasteiger partial charge in [-0.2, -0.15) is 5.53 Å². The summed E-state index contributed by atoms with van der Waals surface area (Å²) >= 11 is 0. The van der Waals surface area contributed by atoms with E-state index in [2.05, 4.69) is 15.8 Å². The van der Waals surface area contributed by atoms with E-state index in [-0.39, 0.29) is 36.6 Å². The SMILES string of the molecule is CCC/C=C(/C=C\C=C(/C)NC(=O)c1cc2c(cn1)CCN(C(=O)C(C)(C)CO)C2)C(=N)N(NN)C(C)CO. The third kappa shape index (κ3) is 8.56. The number of nitrogens with zero attached hydrogens (tertiary/aromatic N) is 3. The molecule has 11 heteroatoms. The summed E-state index contributed by atoms with van der Waals surface area (Å²) in [5.41, 5.74) is 4.90. The van der Waals surface area contributed by atoms with Crippen molar-refractivity contribution < 1.29 is 19.8 Å². The molecule has 7 N–H and O–H groups in total. The van der Waals surface area contributed by atoms with E-state index in [0.29, 0.717) is 30.8 Å². The van der Waals surface area contributed by atoms with Crippen LogP contribution in [0.3, 0.4) is 0 Å². The van der Waals surface area contributed by atoms with Crippen molar-refractivity contribution in [1.82, 2.24) is 25.7 Å². The summed E-state index contributed by atoms with van der Waals surface area (Å²) < 4.78 is 0. The molecule has 1 aliphatic rings. The van der Waals surface area contributed by atoms with Gasteiger partial charge in [-0.25, -0.2) is 0 Å². The van der Waals surface area contributed by atoms with Crippen LogP contribution in [0.15, 0.2) is 47.8 Å². The molecule has 2 amide bonds. The number of carbonyl (C=O) groups is 2. The molecule has 1 atom stereocenters. The molecule has 0 saturated heterocycles. The van der Waals surface area contributed by atoms with E-state index in [1.165, 1.54) is 5.01 Å². The molecular formula is C28H43N7O4. The Morgan fingerprint density at radius 1 is 1.33 bits per heavy atom. The second-order valence-electron chi connectivity index (χ2n) is 10.3. The predicted octanol–water partition coefficient (Wildman–Crippen LogP) is 1.94. The lowest BCUT2D eigenvalue weighted by molar-refractivity contribution is -0.143. The molecule has 2 heterocycles. The molecule has 0 fully saturated rings. The number of pyridine rings is 1. The van der Waals surface area contributed by atoms with Crippen molar-refractivity contribution >= 4 is 17.6 Å². The maximum Gasteiger partial charge on any atom is 0.273 e. The van der Waals surface area contributed by atoms with Crippen molar-refractivity contribution in [2.75, 3.05) is 19.8 Å². The number of unbranched alkanes of at least 4 members (excludes halogenated alkanes) is 1. The fourth-order valence-corrected chi connectivity index (χ4v) is 3.99. The Morgan fingerprint density at radius 2 is 2.05 bits per heavy atom. The quantitative estimate of drug-likeness (QED) is 0.0767. The van der Waals surface area contributed by atoms with Gasteiger partial charge in [0.15, 0.2) is 0 Å². The summed E-state index contributed by atoms with van der Waals surface area (Å²) in [6.45, 7) is 9.46. The van der Waals surface area contributed by atoms with Crippen molar-refractivity contribution in [3.63, 3.8) is 0 Å². The number of aromatic nitrogens is 1. The minimum absolute atomic E-state index is 0.118. The highest BCUT2D eigenvalue weighted by atomic mass is 16.3. The van der Waals surface area contributed by atoms with Crippen LogP contribution in [0.5, 0.6) is 0 Å².